The van der Waals surface area contributed by atoms with E-state index in [4.69, 9.17) is 9.47 Å². The van der Waals surface area contributed by atoms with E-state index in [1.54, 1.807) is 14.2 Å². The van der Waals surface area contributed by atoms with Crippen LogP contribution in [-0.4, -0.2) is 39.9 Å². The Bertz CT molecular complexity index is 453. The van der Waals surface area contributed by atoms with Crippen molar-refractivity contribution in [2.45, 2.75) is 19.9 Å². The fourth-order valence-electron chi connectivity index (χ4n) is 1.74. The number of ether oxygens (including phenoxy) is 2. The minimum atomic E-state index is 0.613. The zero-order chi connectivity index (χ0) is 15.5. The molecule has 0 aliphatic heterocycles. The second-order valence-corrected chi connectivity index (χ2v) is 5.29. The highest BCUT2D eigenvalue weighted by Crippen LogP contribution is 2.25. The van der Waals surface area contributed by atoms with Crippen molar-refractivity contribution in [2.75, 3.05) is 33.9 Å². The van der Waals surface area contributed by atoms with Gasteiger partial charge in [-0.2, -0.15) is 0 Å². The van der Waals surface area contributed by atoms with Crippen LogP contribution >= 0.6 is 15.9 Å². The predicted molar refractivity (Wildman–Crippen MR) is 90.0 cm³/mol. The van der Waals surface area contributed by atoms with Crippen LogP contribution in [0.3, 0.4) is 0 Å². The van der Waals surface area contributed by atoms with Crippen LogP contribution in [0.5, 0.6) is 5.75 Å². The van der Waals surface area contributed by atoms with Crippen molar-refractivity contribution in [2.24, 2.45) is 4.99 Å². The molecular formula is C15H24BrN3O2. The van der Waals surface area contributed by atoms with Gasteiger partial charge in [0.25, 0.3) is 0 Å². The Labute approximate surface area is 135 Å². The van der Waals surface area contributed by atoms with Gasteiger partial charge in [0.1, 0.15) is 5.75 Å². The Hall–Kier alpha value is -1.27. The van der Waals surface area contributed by atoms with Gasteiger partial charge in [-0.1, -0.05) is 6.07 Å². The van der Waals surface area contributed by atoms with Crippen LogP contribution in [0.2, 0.25) is 0 Å². The molecule has 1 aromatic carbocycles. The third-order valence-corrected chi connectivity index (χ3v) is 3.42. The highest BCUT2D eigenvalue weighted by Gasteiger charge is 2.02. The lowest BCUT2D eigenvalue weighted by atomic mass is 10.2. The number of benzene rings is 1. The van der Waals surface area contributed by atoms with E-state index in [2.05, 4.69) is 38.5 Å². The topological polar surface area (TPSA) is 54.9 Å². The van der Waals surface area contributed by atoms with Gasteiger partial charge in [0.2, 0.25) is 0 Å². The predicted octanol–water partition coefficient (Wildman–Crippen LogP) is 2.55. The van der Waals surface area contributed by atoms with Crippen molar-refractivity contribution in [3.8, 4) is 5.75 Å². The number of rotatable bonds is 8. The number of hydrogen-bond donors (Lipinski definition) is 2. The molecular weight excluding hydrogens is 334 g/mol. The van der Waals surface area contributed by atoms with Gasteiger partial charge in [0.05, 0.1) is 18.1 Å². The molecule has 0 aliphatic rings. The largest absolute Gasteiger partial charge is 0.496 e. The molecule has 0 bridgehead atoms. The summed E-state index contributed by atoms with van der Waals surface area (Å²) >= 11 is 3.49. The zero-order valence-electron chi connectivity index (χ0n) is 12.9. The third kappa shape index (κ3) is 6.82. The molecule has 0 unspecified atom stereocenters. The van der Waals surface area contributed by atoms with E-state index in [-0.39, 0.29) is 0 Å². The summed E-state index contributed by atoms with van der Waals surface area (Å²) < 4.78 is 11.2. The van der Waals surface area contributed by atoms with Crippen molar-refractivity contribution >= 4 is 21.9 Å². The van der Waals surface area contributed by atoms with Gasteiger partial charge in [-0.15, -0.1) is 0 Å². The fourth-order valence-corrected chi connectivity index (χ4v) is 2.33. The maximum absolute atomic E-state index is 5.22. The highest BCUT2D eigenvalue weighted by atomic mass is 79.9. The summed E-state index contributed by atoms with van der Waals surface area (Å²) in [4.78, 5) is 4.57. The van der Waals surface area contributed by atoms with E-state index in [1.165, 1.54) is 0 Å². The first-order valence-corrected chi connectivity index (χ1v) is 7.84. The smallest absolute Gasteiger partial charge is 0.191 e. The van der Waals surface area contributed by atoms with Crippen LogP contribution in [0, 0.1) is 0 Å². The van der Waals surface area contributed by atoms with Gasteiger partial charge in [0.15, 0.2) is 5.96 Å². The lowest BCUT2D eigenvalue weighted by Gasteiger charge is -2.11. The molecule has 0 saturated carbocycles. The minimum absolute atomic E-state index is 0.613. The second kappa shape index (κ2) is 10.5. The number of guanidine groups is 1. The minimum Gasteiger partial charge on any atom is -0.496 e. The van der Waals surface area contributed by atoms with Gasteiger partial charge in [-0.3, -0.25) is 0 Å². The number of methoxy groups -OCH3 is 2. The maximum Gasteiger partial charge on any atom is 0.191 e. The number of nitrogens with zero attached hydrogens (tertiary/aromatic N) is 1. The molecule has 0 aliphatic carbocycles. The molecule has 0 radical (unpaired) electrons. The molecule has 0 fully saturated rings. The molecule has 0 saturated heterocycles. The van der Waals surface area contributed by atoms with Crippen molar-refractivity contribution in [3.05, 3.63) is 28.2 Å². The van der Waals surface area contributed by atoms with Gasteiger partial charge >= 0.3 is 0 Å². The van der Waals surface area contributed by atoms with Gasteiger partial charge in [-0.05, 0) is 47.0 Å². The second-order valence-electron chi connectivity index (χ2n) is 4.44. The Morgan fingerprint density at radius 3 is 2.71 bits per heavy atom. The molecule has 0 atom stereocenters. The summed E-state index contributed by atoms with van der Waals surface area (Å²) in [6.07, 6.45) is 0.953. The molecule has 0 heterocycles. The Morgan fingerprint density at radius 2 is 2.10 bits per heavy atom. The molecule has 1 rings (SSSR count). The van der Waals surface area contributed by atoms with Crippen LogP contribution < -0.4 is 15.4 Å². The number of hydrogen-bond acceptors (Lipinski definition) is 3. The average molecular weight is 358 g/mol. The molecule has 0 amide bonds. The van der Waals surface area contributed by atoms with E-state index < -0.39 is 0 Å². The van der Waals surface area contributed by atoms with Crippen LogP contribution in [-0.2, 0) is 11.3 Å². The summed E-state index contributed by atoms with van der Waals surface area (Å²) in [5.41, 5.74) is 1.12. The lowest BCUT2D eigenvalue weighted by molar-refractivity contribution is 0.195. The van der Waals surface area contributed by atoms with E-state index in [0.29, 0.717) is 6.54 Å². The first-order valence-electron chi connectivity index (χ1n) is 7.04. The summed E-state index contributed by atoms with van der Waals surface area (Å²) in [5, 5.41) is 6.51. The molecule has 0 aromatic heterocycles. The average Bonchev–Trinajstić information content (AvgIpc) is 2.49. The van der Waals surface area contributed by atoms with E-state index in [1.807, 2.05) is 18.2 Å². The van der Waals surface area contributed by atoms with E-state index >= 15 is 0 Å². The van der Waals surface area contributed by atoms with Crippen molar-refractivity contribution in [3.63, 3.8) is 0 Å². The molecule has 2 N–H and O–H groups in total. The number of aliphatic imine (C=N–C) groups is 1. The van der Waals surface area contributed by atoms with E-state index in [9.17, 15) is 0 Å². The third-order valence-electron chi connectivity index (χ3n) is 2.80. The van der Waals surface area contributed by atoms with Crippen LogP contribution in [0.1, 0.15) is 18.9 Å². The zero-order valence-corrected chi connectivity index (χ0v) is 14.5. The van der Waals surface area contributed by atoms with Gasteiger partial charge in [-0.25, -0.2) is 4.99 Å². The Morgan fingerprint density at radius 1 is 1.29 bits per heavy atom. The Balaban J connectivity index is 2.58. The molecule has 1 aromatic rings. The lowest BCUT2D eigenvalue weighted by Crippen LogP contribution is -2.38. The summed E-state index contributed by atoms with van der Waals surface area (Å²) in [7, 11) is 3.37. The first-order chi connectivity index (χ1) is 10.2. The van der Waals surface area contributed by atoms with Crippen LogP contribution in [0.25, 0.3) is 0 Å². The summed E-state index contributed by atoms with van der Waals surface area (Å²) in [6, 6.07) is 5.98. The standard InChI is InChI=1S/C15H24BrN3O2/c1-4-17-15(18-8-5-9-20-2)19-11-12-6-7-14(21-3)13(16)10-12/h6-7,10H,4-5,8-9,11H2,1-3H3,(H2,17,18,19). The van der Waals surface area contributed by atoms with Crippen LogP contribution in [0.15, 0.2) is 27.7 Å². The van der Waals surface area contributed by atoms with Gasteiger partial charge < -0.3 is 20.1 Å². The molecule has 118 valence electrons. The van der Waals surface area contributed by atoms with Crippen molar-refractivity contribution in [1.82, 2.24) is 10.6 Å². The highest BCUT2D eigenvalue weighted by molar-refractivity contribution is 9.10. The normalized spacial score (nSPS) is 11.3. The Kier molecular flexibility index (Phi) is 8.85. The maximum atomic E-state index is 5.22. The SMILES string of the molecule is CCNC(=NCc1ccc(OC)c(Br)c1)NCCCOC. The van der Waals surface area contributed by atoms with Crippen molar-refractivity contribution in [1.29, 1.82) is 0 Å². The number of nitrogens with one attached hydrogen (secondary N) is 2. The van der Waals surface area contributed by atoms with E-state index in [0.717, 1.165) is 47.9 Å². The van der Waals surface area contributed by atoms with Crippen LogP contribution in [0.4, 0.5) is 0 Å². The monoisotopic (exact) mass is 357 g/mol. The van der Waals surface area contributed by atoms with Gasteiger partial charge in [0, 0.05) is 26.8 Å². The number of halogens is 1. The quantitative estimate of drug-likeness (QED) is 0.426. The summed E-state index contributed by atoms with van der Waals surface area (Å²) in [5.74, 6) is 1.65. The molecule has 5 nitrogen and oxygen atoms in total. The molecule has 21 heavy (non-hydrogen) atoms. The first kappa shape index (κ1) is 17.8. The summed E-state index contributed by atoms with van der Waals surface area (Å²) in [6.45, 7) is 5.09. The van der Waals surface area contributed by atoms with Crippen molar-refractivity contribution < 1.29 is 9.47 Å². The fraction of sp³-hybridized carbons (Fsp3) is 0.533. The molecule has 0 spiro atoms. The molecule has 6 heteroatoms.